The minimum Gasteiger partial charge on any atom is -0.477 e. The molecule has 1 aromatic heterocycles. The lowest BCUT2D eigenvalue weighted by Gasteiger charge is -2.08. The number of amides is 1. The van der Waals surface area contributed by atoms with Crippen molar-refractivity contribution in [2.45, 2.75) is 6.61 Å². The third-order valence-electron chi connectivity index (χ3n) is 2.52. The Morgan fingerprint density at radius 3 is 2.52 bits per heavy atom. The van der Waals surface area contributed by atoms with E-state index >= 15 is 0 Å². The van der Waals surface area contributed by atoms with E-state index in [0.29, 0.717) is 0 Å². The van der Waals surface area contributed by atoms with Crippen LogP contribution in [0.2, 0.25) is 5.15 Å². The number of hydrogen-bond donors (Lipinski definition) is 2. The summed E-state index contributed by atoms with van der Waals surface area (Å²) < 4.78 is 5.01. The van der Waals surface area contributed by atoms with Gasteiger partial charge in [-0.1, -0.05) is 41.9 Å². The molecule has 1 amide bonds. The first-order valence-corrected chi connectivity index (χ1v) is 6.31. The Labute approximate surface area is 125 Å². The number of carbonyl (C=O) groups is 2. The lowest BCUT2D eigenvalue weighted by Crippen LogP contribution is -2.14. The summed E-state index contributed by atoms with van der Waals surface area (Å²) in [6.07, 6.45) is -0.703. The van der Waals surface area contributed by atoms with E-state index in [1.165, 1.54) is 12.1 Å². The molecule has 6 nitrogen and oxygen atoms in total. The number of aromatic carboxylic acids is 1. The number of aromatic nitrogens is 1. The maximum atomic E-state index is 11.6. The molecular weight excluding hydrogens is 296 g/mol. The predicted octanol–water partition coefficient (Wildman–Crippen LogP) is 3.18. The van der Waals surface area contributed by atoms with Gasteiger partial charge in [-0.25, -0.2) is 14.6 Å². The molecular formula is C14H11ClN2O4. The van der Waals surface area contributed by atoms with Crippen molar-refractivity contribution >= 4 is 29.4 Å². The van der Waals surface area contributed by atoms with Crippen LogP contribution in [0.3, 0.4) is 0 Å². The zero-order valence-electron chi connectivity index (χ0n) is 10.7. The Bertz CT molecular complexity index is 661. The van der Waals surface area contributed by atoms with Gasteiger partial charge in [0.2, 0.25) is 0 Å². The van der Waals surface area contributed by atoms with E-state index in [4.69, 9.17) is 21.4 Å². The Morgan fingerprint density at radius 1 is 1.19 bits per heavy atom. The van der Waals surface area contributed by atoms with Gasteiger partial charge in [0, 0.05) is 0 Å². The molecule has 0 fully saturated rings. The summed E-state index contributed by atoms with van der Waals surface area (Å²) >= 11 is 5.79. The lowest BCUT2D eigenvalue weighted by atomic mass is 10.2. The molecule has 0 saturated heterocycles. The highest BCUT2D eigenvalue weighted by atomic mass is 35.5. The zero-order valence-corrected chi connectivity index (χ0v) is 11.5. The number of halogens is 1. The summed E-state index contributed by atoms with van der Waals surface area (Å²) in [6, 6.07) is 11.8. The number of benzene rings is 1. The molecule has 0 bridgehead atoms. The molecule has 0 radical (unpaired) electrons. The Morgan fingerprint density at radius 2 is 1.90 bits per heavy atom. The Balaban J connectivity index is 1.95. The van der Waals surface area contributed by atoms with Crippen molar-refractivity contribution in [3.8, 4) is 0 Å². The van der Waals surface area contributed by atoms with Crippen LogP contribution in [-0.4, -0.2) is 22.2 Å². The predicted molar refractivity (Wildman–Crippen MR) is 76.5 cm³/mol. The van der Waals surface area contributed by atoms with Gasteiger partial charge in [0.1, 0.15) is 12.3 Å². The van der Waals surface area contributed by atoms with Crippen LogP contribution in [0.5, 0.6) is 0 Å². The lowest BCUT2D eigenvalue weighted by molar-refractivity contribution is 0.0690. The number of carbonyl (C=O) groups excluding carboxylic acids is 1. The van der Waals surface area contributed by atoms with Gasteiger partial charge in [-0.15, -0.1) is 0 Å². The van der Waals surface area contributed by atoms with Gasteiger partial charge in [0.25, 0.3) is 0 Å². The maximum absolute atomic E-state index is 11.6. The van der Waals surface area contributed by atoms with Crippen LogP contribution in [0.15, 0.2) is 42.5 Å². The standard InChI is InChI=1S/C14H11ClN2O4/c15-12-10(6-7-11(16-12)13(18)19)17-14(20)21-8-9-4-2-1-3-5-9/h1-7H,8H2,(H,17,20)(H,18,19). The molecule has 7 heteroatoms. The number of rotatable bonds is 4. The van der Waals surface area contributed by atoms with Crippen LogP contribution in [0.25, 0.3) is 0 Å². The second-order valence-corrected chi connectivity index (χ2v) is 4.38. The largest absolute Gasteiger partial charge is 0.477 e. The first-order valence-electron chi connectivity index (χ1n) is 5.94. The quantitative estimate of drug-likeness (QED) is 0.847. The Hall–Kier alpha value is -2.60. The van der Waals surface area contributed by atoms with Crippen molar-refractivity contribution in [1.29, 1.82) is 0 Å². The molecule has 1 heterocycles. The van der Waals surface area contributed by atoms with Gasteiger partial charge in [0.05, 0.1) is 5.69 Å². The second kappa shape index (κ2) is 6.71. The molecule has 0 aliphatic carbocycles. The average molecular weight is 307 g/mol. The molecule has 0 aliphatic heterocycles. The second-order valence-electron chi connectivity index (χ2n) is 4.03. The molecule has 0 unspecified atom stereocenters. The smallest absolute Gasteiger partial charge is 0.412 e. The topological polar surface area (TPSA) is 88.5 Å². The van der Waals surface area contributed by atoms with E-state index in [1.54, 1.807) is 0 Å². The molecule has 108 valence electrons. The molecule has 0 aliphatic rings. The minimum atomic E-state index is -1.20. The first-order chi connectivity index (χ1) is 10.1. The van der Waals surface area contributed by atoms with Crippen LogP contribution in [0.4, 0.5) is 10.5 Å². The summed E-state index contributed by atoms with van der Waals surface area (Å²) in [5, 5.41) is 11.0. The van der Waals surface area contributed by atoms with E-state index in [0.717, 1.165) is 5.56 Å². The van der Waals surface area contributed by atoms with E-state index in [-0.39, 0.29) is 23.1 Å². The summed E-state index contributed by atoms with van der Waals surface area (Å²) in [7, 11) is 0. The van der Waals surface area contributed by atoms with Crippen LogP contribution in [0, 0.1) is 0 Å². The van der Waals surface area contributed by atoms with Crippen molar-refractivity contribution in [3.63, 3.8) is 0 Å². The average Bonchev–Trinajstić information content (AvgIpc) is 2.48. The molecule has 2 aromatic rings. The molecule has 0 atom stereocenters. The highest BCUT2D eigenvalue weighted by molar-refractivity contribution is 6.32. The monoisotopic (exact) mass is 306 g/mol. The van der Waals surface area contributed by atoms with E-state index in [9.17, 15) is 9.59 Å². The van der Waals surface area contributed by atoms with Gasteiger partial charge >= 0.3 is 12.1 Å². The summed E-state index contributed by atoms with van der Waals surface area (Å²) in [5.41, 5.74) is 0.820. The third-order valence-corrected chi connectivity index (χ3v) is 2.81. The number of carboxylic acids is 1. The number of nitrogens with zero attached hydrogens (tertiary/aromatic N) is 1. The first kappa shape index (κ1) is 14.8. The summed E-state index contributed by atoms with van der Waals surface area (Å²) in [5.74, 6) is -1.20. The number of ether oxygens (including phenoxy) is 1. The number of pyridine rings is 1. The van der Waals surface area contributed by atoms with Gasteiger partial charge in [-0.2, -0.15) is 0 Å². The van der Waals surface area contributed by atoms with Crippen molar-refractivity contribution in [3.05, 3.63) is 58.9 Å². The number of anilines is 1. The number of nitrogens with one attached hydrogen (secondary N) is 1. The van der Waals surface area contributed by atoms with Gasteiger partial charge in [0.15, 0.2) is 5.15 Å². The Kier molecular flexibility index (Phi) is 4.73. The zero-order chi connectivity index (χ0) is 15.2. The van der Waals surface area contributed by atoms with Crippen molar-refractivity contribution in [1.82, 2.24) is 4.98 Å². The molecule has 0 spiro atoms. The highest BCUT2D eigenvalue weighted by Crippen LogP contribution is 2.19. The van der Waals surface area contributed by atoms with Crippen LogP contribution < -0.4 is 5.32 Å². The normalized spacial score (nSPS) is 9.95. The highest BCUT2D eigenvalue weighted by Gasteiger charge is 2.11. The van der Waals surface area contributed by atoms with Crippen molar-refractivity contribution < 1.29 is 19.4 Å². The summed E-state index contributed by atoms with van der Waals surface area (Å²) in [6.45, 7) is 0.116. The number of hydrogen-bond acceptors (Lipinski definition) is 4. The van der Waals surface area contributed by atoms with Gasteiger partial charge in [-0.3, -0.25) is 5.32 Å². The molecule has 2 rings (SSSR count). The summed E-state index contributed by atoms with van der Waals surface area (Å²) in [4.78, 5) is 26.0. The number of carboxylic acid groups (broad SMARTS) is 1. The molecule has 2 N–H and O–H groups in total. The van der Waals surface area contributed by atoms with E-state index < -0.39 is 12.1 Å². The fourth-order valence-corrected chi connectivity index (χ4v) is 1.72. The van der Waals surface area contributed by atoms with Gasteiger partial charge < -0.3 is 9.84 Å². The van der Waals surface area contributed by atoms with Crippen LogP contribution in [0.1, 0.15) is 16.1 Å². The van der Waals surface area contributed by atoms with Crippen LogP contribution >= 0.6 is 11.6 Å². The van der Waals surface area contributed by atoms with Gasteiger partial charge in [-0.05, 0) is 17.7 Å². The van der Waals surface area contributed by atoms with Crippen molar-refractivity contribution in [2.24, 2.45) is 0 Å². The molecule has 21 heavy (non-hydrogen) atoms. The van der Waals surface area contributed by atoms with E-state index in [2.05, 4.69) is 10.3 Å². The van der Waals surface area contributed by atoms with E-state index in [1.807, 2.05) is 30.3 Å². The van der Waals surface area contributed by atoms with Crippen LogP contribution in [-0.2, 0) is 11.3 Å². The van der Waals surface area contributed by atoms with Crippen molar-refractivity contribution in [2.75, 3.05) is 5.32 Å². The molecule has 0 saturated carbocycles. The minimum absolute atomic E-state index is 0.116. The third kappa shape index (κ3) is 4.19. The fourth-order valence-electron chi connectivity index (χ4n) is 1.52. The maximum Gasteiger partial charge on any atom is 0.412 e. The SMILES string of the molecule is O=C(Nc1ccc(C(=O)O)nc1Cl)OCc1ccccc1. The fraction of sp³-hybridized carbons (Fsp3) is 0.0714. The molecule has 1 aromatic carbocycles.